The van der Waals surface area contributed by atoms with Crippen molar-refractivity contribution in [2.45, 2.75) is 32.6 Å². The molecule has 0 aromatic rings. The van der Waals surface area contributed by atoms with Gasteiger partial charge in [-0.3, -0.25) is 0 Å². The van der Waals surface area contributed by atoms with Crippen LogP contribution in [-0.4, -0.2) is 11.7 Å². The Bertz CT molecular complexity index is 224. The first-order valence-corrected chi connectivity index (χ1v) is 5.41. The number of aliphatic hydroxyl groups excluding tert-OH is 1. The van der Waals surface area contributed by atoms with Crippen LogP contribution in [0.5, 0.6) is 0 Å². The Morgan fingerprint density at radius 3 is 2.64 bits per heavy atom. The van der Waals surface area contributed by atoms with E-state index in [1.807, 2.05) is 0 Å². The smallest absolute Gasteiger partial charge is 0.0431 e. The van der Waals surface area contributed by atoms with Gasteiger partial charge in [0.05, 0.1) is 0 Å². The summed E-state index contributed by atoms with van der Waals surface area (Å²) >= 11 is 0. The van der Waals surface area contributed by atoms with E-state index >= 15 is 0 Å². The quantitative estimate of drug-likeness (QED) is 0.524. The predicted octanol–water partition coefficient (Wildman–Crippen LogP) is 3.23. The summed E-state index contributed by atoms with van der Waals surface area (Å²) < 4.78 is 0. The first-order valence-electron chi connectivity index (χ1n) is 5.41. The summed E-state index contributed by atoms with van der Waals surface area (Å²) in [6, 6.07) is 0. The van der Waals surface area contributed by atoms with Gasteiger partial charge in [-0.1, -0.05) is 36.5 Å². The first-order chi connectivity index (χ1) is 6.77. The SMILES string of the molecule is CC1(/C=C/CCCCO)C=CCC=C1. The molecule has 0 bridgehead atoms. The lowest BCUT2D eigenvalue weighted by atomic mass is 9.86. The maximum Gasteiger partial charge on any atom is 0.0431 e. The Balaban J connectivity index is 2.31. The first kappa shape index (κ1) is 11.3. The van der Waals surface area contributed by atoms with Crippen LogP contribution < -0.4 is 0 Å². The molecule has 1 heteroatoms. The predicted molar refractivity (Wildman–Crippen MR) is 61.1 cm³/mol. The van der Waals surface area contributed by atoms with Crippen LogP contribution in [0.1, 0.15) is 32.6 Å². The molecule has 0 atom stereocenters. The Morgan fingerprint density at radius 1 is 1.29 bits per heavy atom. The van der Waals surface area contributed by atoms with Gasteiger partial charge in [-0.15, -0.1) is 0 Å². The molecule has 0 radical (unpaired) electrons. The molecule has 1 aliphatic rings. The van der Waals surface area contributed by atoms with Crippen molar-refractivity contribution in [1.29, 1.82) is 0 Å². The van der Waals surface area contributed by atoms with Gasteiger partial charge in [0.1, 0.15) is 0 Å². The zero-order valence-corrected chi connectivity index (χ0v) is 8.95. The Kier molecular flexibility index (Phi) is 4.68. The molecular formula is C13H20O. The van der Waals surface area contributed by atoms with Gasteiger partial charge in [-0.05, 0) is 32.6 Å². The number of hydrogen-bond acceptors (Lipinski definition) is 1. The normalized spacial score (nSPS) is 19.3. The number of allylic oxidation sites excluding steroid dienone is 6. The maximum absolute atomic E-state index is 8.62. The van der Waals surface area contributed by atoms with E-state index in [-0.39, 0.29) is 5.41 Å². The third-order valence-corrected chi connectivity index (χ3v) is 2.48. The minimum Gasteiger partial charge on any atom is -0.396 e. The van der Waals surface area contributed by atoms with Crippen molar-refractivity contribution in [2.75, 3.05) is 6.61 Å². The topological polar surface area (TPSA) is 20.2 Å². The van der Waals surface area contributed by atoms with Crippen LogP contribution in [0.4, 0.5) is 0 Å². The fraction of sp³-hybridized carbons (Fsp3) is 0.538. The second-order valence-electron chi connectivity index (χ2n) is 4.03. The van der Waals surface area contributed by atoms with E-state index in [1.165, 1.54) is 0 Å². The molecule has 0 heterocycles. The molecule has 1 rings (SSSR count). The zero-order valence-electron chi connectivity index (χ0n) is 8.95. The van der Waals surface area contributed by atoms with Crippen molar-refractivity contribution in [3.63, 3.8) is 0 Å². The molecule has 0 aliphatic heterocycles. The standard InChI is InChI=1S/C13H20O/c1-13(10-6-4-7-11-13)9-5-2-3-8-12-14/h5-7,9-11,14H,2-4,8,12H2,1H3/b9-5+. The third kappa shape index (κ3) is 3.93. The molecule has 1 N–H and O–H groups in total. The monoisotopic (exact) mass is 192 g/mol. The lowest BCUT2D eigenvalue weighted by molar-refractivity contribution is 0.285. The molecule has 1 nitrogen and oxygen atoms in total. The average Bonchev–Trinajstić information content (AvgIpc) is 2.18. The highest BCUT2D eigenvalue weighted by Gasteiger charge is 2.13. The fourth-order valence-electron chi connectivity index (χ4n) is 1.60. The molecule has 0 amide bonds. The number of hydrogen-bond donors (Lipinski definition) is 1. The van der Waals surface area contributed by atoms with Crippen LogP contribution in [0.2, 0.25) is 0 Å². The van der Waals surface area contributed by atoms with Gasteiger partial charge >= 0.3 is 0 Å². The molecule has 0 aromatic heterocycles. The Hall–Kier alpha value is -0.820. The molecular weight excluding hydrogens is 172 g/mol. The van der Waals surface area contributed by atoms with E-state index in [4.69, 9.17) is 5.11 Å². The van der Waals surface area contributed by atoms with Crippen molar-refractivity contribution in [3.8, 4) is 0 Å². The molecule has 78 valence electrons. The van der Waals surface area contributed by atoms with E-state index in [9.17, 15) is 0 Å². The van der Waals surface area contributed by atoms with Gasteiger partial charge in [-0.25, -0.2) is 0 Å². The summed E-state index contributed by atoms with van der Waals surface area (Å²) in [7, 11) is 0. The summed E-state index contributed by atoms with van der Waals surface area (Å²) in [4.78, 5) is 0. The van der Waals surface area contributed by atoms with E-state index in [0.29, 0.717) is 6.61 Å². The summed E-state index contributed by atoms with van der Waals surface area (Å²) in [5.41, 5.74) is 0.122. The summed E-state index contributed by atoms with van der Waals surface area (Å²) in [5.74, 6) is 0. The lowest BCUT2D eigenvalue weighted by Crippen LogP contribution is -2.06. The molecule has 0 unspecified atom stereocenters. The number of unbranched alkanes of at least 4 members (excludes halogenated alkanes) is 2. The number of aliphatic hydroxyl groups is 1. The van der Waals surface area contributed by atoms with Crippen LogP contribution in [-0.2, 0) is 0 Å². The van der Waals surface area contributed by atoms with Gasteiger partial charge < -0.3 is 5.11 Å². The number of rotatable bonds is 5. The van der Waals surface area contributed by atoms with E-state index in [0.717, 1.165) is 25.7 Å². The highest BCUT2D eigenvalue weighted by atomic mass is 16.2. The van der Waals surface area contributed by atoms with Gasteiger partial charge in [0, 0.05) is 12.0 Å². The Morgan fingerprint density at radius 2 is 2.00 bits per heavy atom. The third-order valence-electron chi connectivity index (χ3n) is 2.48. The van der Waals surface area contributed by atoms with Crippen molar-refractivity contribution in [3.05, 3.63) is 36.5 Å². The zero-order chi connectivity index (χ0) is 10.3. The van der Waals surface area contributed by atoms with Gasteiger partial charge in [0.15, 0.2) is 0 Å². The Labute approximate surface area is 86.8 Å². The van der Waals surface area contributed by atoms with Crippen molar-refractivity contribution in [2.24, 2.45) is 5.41 Å². The average molecular weight is 192 g/mol. The van der Waals surface area contributed by atoms with Gasteiger partial charge in [0.25, 0.3) is 0 Å². The molecule has 14 heavy (non-hydrogen) atoms. The highest BCUT2D eigenvalue weighted by Crippen LogP contribution is 2.26. The minimum atomic E-state index is 0.122. The maximum atomic E-state index is 8.62. The molecule has 0 fully saturated rings. The van der Waals surface area contributed by atoms with Gasteiger partial charge in [0.2, 0.25) is 0 Å². The molecule has 0 saturated heterocycles. The van der Waals surface area contributed by atoms with E-state index in [2.05, 4.69) is 43.4 Å². The van der Waals surface area contributed by atoms with Crippen LogP contribution in [0.15, 0.2) is 36.5 Å². The van der Waals surface area contributed by atoms with Crippen molar-refractivity contribution >= 4 is 0 Å². The van der Waals surface area contributed by atoms with E-state index < -0.39 is 0 Å². The van der Waals surface area contributed by atoms with E-state index in [1.54, 1.807) is 0 Å². The second kappa shape index (κ2) is 5.82. The van der Waals surface area contributed by atoms with Crippen molar-refractivity contribution in [1.82, 2.24) is 0 Å². The van der Waals surface area contributed by atoms with Crippen LogP contribution in [0.3, 0.4) is 0 Å². The van der Waals surface area contributed by atoms with Crippen LogP contribution in [0.25, 0.3) is 0 Å². The molecule has 0 spiro atoms. The summed E-state index contributed by atoms with van der Waals surface area (Å²) in [5, 5.41) is 8.62. The largest absolute Gasteiger partial charge is 0.396 e. The highest BCUT2D eigenvalue weighted by molar-refractivity contribution is 5.23. The molecule has 1 aliphatic carbocycles. The van der Waals surface area contributed by atoms with Crippen molar-refractivity contribution < 1.29 is 5.11 Å². The molecule has 0 saturated carbocycles. The molecule has 0 aromatic carbocycles. The summed E-state index contributed by atoms with van der Waals surface area (Å²) in [6.45, 7) is 2.52. The van der Waals surface area contributed by atoms with Crippen LogP contribution in [0, 0.1) is 5.41 Å². The van der Waals surface area contributed by atoms with Crippen LogP contribution >= 0.6 is 0 Å². The van der Waals surface area contributed by atoms with Gasteiger partial charge in [-0.2, -0.15) is 0 Å². The minimum absolute atomic E-state index is 0.122. The second-order valence-corrected chi connectivity index (χ2v) is 4.03. The summed E-state index contributed by atoms with van der Waals surface area (Å²) in [6.07, 6.45) is 17.5. The lowest BCUT2D eigenvalue weighted by Gasteiger charge is -2.19. The fourth-order valence-corrected chi connectivity index (χ4v) is 1.60.